The molecular weight excluding hydrogens is 281 g/mol. The number of likely N-dealkylation sites (N-methyl/N-ethyl adjacent to an activating group) is 1. The summed E-state index contributed by atoms with van der Waals surface area (Å²) >= 11 is 9.24. The minimum Gasteiger partial charge on any atom is -0.465 e. The molecule has 1 amide bonds. The number of hydrogen-bond donors (Lipinski definition) is 1. The summed E-state index contributed by atoms with van der Waals surface area (Å²) in [7, 11) is 1.54. The average Bonchev–Trinajstić information content (AvgIpc) is 2.18. The Bertz CT molecular complexity index is 370. The van der Waals surface area contributed by atoms with E-state index < -0.39 is 6.09 Å². The summed E-state index contributed by atoms with van der Waals surface area (Å²) in [6.45, 7) is 0.453. The normalized spacial score (nSPS) is 10.1. The summed E-state index contributed by atoms with van der Waals surface area (Å²) in [5.41, 5.74) is 1.01. The molecule has 0 bridgehead atoms. The van der Waals surface area contributed by atoms with E-state index in [1.165, 1.54) is 4.90 Å². The standard InChI is InChI=1S/C10H11BrClNO2/c1-13(10(14)15)5-4-7-6-8(12)2-3-9(7)11/h2-3,6H,4-5H2,1H3,(H,14,15). The lowest BCUT2D eigenvalue weighted by atomic mass is 10.1. The maximum Gasteiger partial charge on any atom is 0.407 e. The van der Waals surface area contributed by atoms with E-state index >= 15 is 0 Å². The van der Waals surface area contributed by atoms with Crippen LogP contribution in [0, 0.1) is 0 Å². The maximum atomic E-state index is 10.6. The molecule has 0 aromatic heterocycles. The van der Waals surface area contributed by atoms with Crippen molar-refractivity contribution in [2.75, 3.05) is 13.6 Å². The minimum atomic E-state index is -0.923. The smallest absolute Gasteiger partial charge is 0.407 e. The van der Waals surface area contributed by atoms with Crippen molar-refractivity contribution in [3.8, 4) is 0 Å². The Hall–Kier alpha value is -0.740. The van der Waals surface area contributed by atoms with Gasteiger partial charge in [-0.25, -0.2) is 4.79 Å². The van der Waals surface area contributed by atoms with Crippen LogP contribution in [0.4, 0.5) is 4.79 Å². The van der Waals surface area contributed by atoms with Crippen LogP contribution in [0.1, 0.15) is 5.56 Å². The quantitative estimate of drug-likeness (QED) is 0.929. The molecule has 3 nitrogen and oxygen atoms in total. The van der Waals surface area contributed by atoms with Crippen LogP contribution in [0.15, 0.2) is 22.7 Å². The molecule has 1 aromatic rings. The van der Waals surface area contributed by atoms with Gasteiger partial charge in [0.05, 0.1) is 0 Å². The third-order valence-electron chi connectivity index (χ3n) is 2.05. The first-order valence-corrected chi connectivity index (χ1v) is 5.56. The van der Waals surface area contributed by atoms with Gasteiger partial charge in [0.25, 0.3) is 0 Å². The predicted octanol–water partition coefficient (Wildman–Crippen LogP) is 3.25. The predicted molar refractivity (Wildman–Crippen MR) is 63.5 cm³/mol. The number of rotatable bonds is 3. The van der Waals surface area contributed by atoms with Gasteiger partial charge in [0.15, 0.2) is 0 Å². The van der Waals surface area contributed by atoms with Gasteiger partial charge in [0.1, 0.15) is 0 Å². The first kappa shape index (κ1) is 12.3. The highest BCUT2D eigenvalue weighted by molar-refractivity contribution is 9.10. The van der Waals surface area contributed by atoms with Crippen molar-refractivity contribution in [1.29, 1.82) is 0 Å². The van der Waals surface area contributed by atoms with Gasteiger partial charge < -0.3 is 10.0 Å². The van der Waals surface area contributed by atoms with Crippen molar-refractivity contribution in [3.05, 3.63) is 33.3 Å². The largest absolute Gasteiger partial charge is 0.465 e. The molecule has 1 rings (SSSR count). The highest BCUT2D eigenvalue weighted by Gasteiger charge is 2.07. The van der Waals surface area contributed by atoms with Gasteiger partial charge in [-0.1, -0.05) is 27.5 Å². The van der Waals surface area contributed by atoms with E-state index in [0.717, 1.165) is 10.0 Å². The van der Waals surface area contributed by atoms with Crippen LogP contribution < -0.4 is 0 Å². The average molecular weight is 293 g/mol. The molecular formula is C10H11BrClNO2. The van der Waals surface area contributed by atoms with E-state index in [1.54, 1.807) is 13.1 Å². The lowest BCUT2D eigenvalue weighted by Crippen LogP contribution is -2.26. The van der Waals surface area contributed by atoms with Crippen molar-refractivity contribution >= 4 is 33.6 Å². The molecule has 0 radical (unpaired) electrons. The van der Waals surface area contributed by atoms with E-state index in [2.05, 4.69) is 15.9 Å². The zero-order chi connectivity index (χ0) is 11.4. The molecule has 0 aliphatic carbocycles. The van der Waals surface area contributed by atoms with Crippen molar-refractivity contribution < 1.29 is 9.90 Å². The molecule has 0 aliphatic rings. The third kappa shape index (κ3) is 3.72. The number of halogens is 2. The van der Waals surface area contributed by atoms with Crippen LogP contribution in [0.5, 0.6) is 0 Å². The summed E-state index contributed by atoms with van der Waals surface area (Å²) in [5, 5.41) is 9.33. The van der Waals surface area contributed by atoms with E-state index in [1.807, 2.05) is 12.1 Å². The van der Waals surface area contributed by atoms with E-state index in [9.17, 15) is 4.79 Å². The van der Waals surface area contributed by atoms with E-state index in [4.69, 9.17) is 16.7 Å². The number of benzene rings is 1. The number of hydrogen-bond acceptors (Lipinski definition) is 1. The maximum absolute atomic E-state index is 10.6. The van der Waals surface area contributed by atoms with Gasteiger partial charge >= 0.3 is 6.09 Å². The van der Waals surface area contributed by atoms with Crippen LogP contribution in [-0.2, 0) is 6.42 Å². The highest BCUT2D eigenvalue weighted by Crippen LogP contribution is 2.21. The lowest BCUT2D eigenvalue weighted by Gasteiger charge is -2.13. The second kappa shape index (κ2) is 5.37. The van der Waals surface area contributed by atoms with E-state index in [0.29, 0.717) is 18.0 Å². The Morgan fingerprint density at radius 3 is 2.87 bits per heavy atom. The van der Waals surface area contributed by atoms with Crippen LogP contribution in [0.2, 0.25) is 5.02 Å². The molecule has 0 aliphatic heterocycles. The summed E-state index contributed by atoms with van der Waals surface area (Å²) in [6.07, 6.45) is -0.280. The van der Waals surface area contributed by atoms with Gasteiger partial charge in [-0.2, -0.15) is 0 Å². The minimum absolute atomic E-state index is 0.453. The fourth-order valence-electron chi connectivity index (χ4n) is 1.12. The van der Waals surface area contributed by atoms with Gasteiger partial charge in [-0.15, -0.1) is 0 Å². The summed E-state index contributed by atoms with van der Waals surface area (Å²) < 4.78 is 0.950. The fraction of sp³-hybridized carbons (Fsp3) is 0.300. The number of carboxylic acid groups (broad SMARTS) is 1. The summed E-state index contributed by atoms with van der Waals surface area (Å²) in [5.74, 6) is 0. The third-order valence-corrected chi connectivity index (χ3v) is 3.06. The zero-order valence-corrected chi connectivity index (χ0v) is 10.5. The lowest BCUT2D eigenvalue weighted by molar-refractivity contribution is 0.156. The molecule has 0 unspecified atom stereocenters. The molecule has 82 valence electrons. The topological polar surface area (TPSA) is 40.5 Å². The Morgan fingerprint density at radius 1 is 1.60 bits per heavy atom. The molecule has 0 heterocycles. The molecule has 0 spiro atoms. The number of nitrogens with zero attached hydrogens (tertiary/aromatic N) is 1. The molecule has 1 aromatic carbocycles. The fourth-order valence-corrected chi connectivity index (χ4v) is 1.76. The molecule has 0 fully saturated rings. The van der Waals surface area contributed by atoms with E-state index in [-0.39, 0.29) is 0 Å². The van der Waals surface area contributed by atoms with Gasteiger partial charge in [0, 0.05) is 23.1 Å². The number of carbonyl (C=O) groups is 1. The second-order valence-corrected chi connectivity index (χ2v) is 4.48. The molecule has 5 heteroatoms. The van der Waals surface area contributed by atoms with Crippen LogP contribution in [-0.4, -0.2) is 29.7 Å². The van der Waals surface area contributed by atoms with Crippen LogP contribution in [0.3, 0.4) is 0 Å². The highest BCUT2D eigenvalue weighted by atomic mass is 79.9. The van der Waals surface area contributed by atoms with Crippen molar-refractivity contribution in [1.82, 2.24) is 4.90 Å². The van der Waals surface area contributed by atoms with Crippen molar-refractivity contribution in [2.45, 2.75) is 6.42 Å². The zero-order valence-electron chi connectivity index (χ0n) is 8.20. The van der Waals surface area contributed by atoms with Crippen molar-refractivity contribution in [2.24, 2.45) is 0 Å². The molecule has 1 N–H and O–H groups in total. The Morgan fingerprint density at radius 2 is 2.27 bits per heavy atom. The van der Waals surface area contributed by atoms with Crippen LogP contribution >= 0.6 is 27.5 Å². The molecule has 0 saturated carbocycles. The second-order valence-electron chi connectivity index (χ2n) is 3.19. The first-order chi connectivity index (χ1) is 7.00. The molecule has 15 heavy (non-hydrogen) atoms. The van der Waals surface area contributed by atoms with Gasteiger partial charge in [-0.3, -0.25) is 0 Å². The SMILES string of the molecule is CN(CCc1cc(Cl)ccc1Br)C(=O)O. The Kier molecular flexibility index (Phi) is 4.42. The molecule has 0 saturated heterocycles. The number of amides is 1. The summed E-state index contributed by atoms with van der Waals surface area (Å²) in [6, 6.07) is 5.48. The van der Waals surface area contributed by atoms with Crippen LogP contribution in [0.25, 0.3) is 0 Å². The Balaban J connectivity index is 2.65. The Labute approximate surface area is 102 Å². The first-order valence-electron chi connectivity index (χ1n) is 4.38. The monoisotopic (exact) mass is 291 g/mol. The summed E-state index contributed by atoms with van der Waals surface area (Å²) in [4.78, 5) is 11.8. The van der Waals surface area contributed by atoms with Gasteiger partial charge in [0.2, 0.25) is 0 Å². The van der Waals surface area contributed by atoms with Gasteiger partial charge in [-0.05, 0) is 30.2 Å². The van der Waals surface area contributed by atoms with Crippen molar-refractivity contribution in [3.63, 3.8) is 0 Å². The molecule has 0 atom stereocenters.